The van der Waals surface area contributed by atoms with Gasteiger partial charge in [-0.2, -0.15) is 0 Å². The van der Waals surface area contributed by atoms with E-state index in [1.54, 1.807) is 24.3 Å². The lowest BCUT2D eigenvalue weighted by molar-refractivity contribution is -0.384. The Morgan fingerprint density at radius 2 is 1.48 bits per heavy atom. The van der Waals surface area contributed by atoms with Crippen LogP contribution >= 0.6 is 0 Å². The Bertz CT molecular complexity index is 1050. The molecule has 2 aromatic rings. The maximum atomic E-state index is 13.3. The van der Waals surface area contributed by atoms with E-state index in [9.17, 15) is 23.3 Å². The van der Waals surface area contributed by atoms with Crippen LogP contribution in [0.15, 0.2) is 48.5 Å². The monoisotopic (exact) mass is 417 g/mol. The fourth-order valence-electron chi connectivity index (χ4n) is 3.91. The van der Waals surface area contributed by atoms with E-state index in [1.807, 2.05) is 6.92 Å². The number of hydrogen-bond donors (Lipinski definition) is 0. The van der Waals surface area contributed by atoms with Crippen molar-refractivity contribution in [1.29, 1.82) is 0 Å². The molecule has 2 saturated heterocycles. The summed E-state index contributed by atoms with van der Waals surface area (Å²) in [5, 5.41) is 10.9. The first-order chi connectivity index (χ1) is 13.8. The summed E-state index contributed by atoms with van der Waals surface area (Å²) in [5.41, 5.74) is 0.912. The van der Waals surface area contributed by atoms with Crippen LogP contribution in [0.1, 0.15) is 6.92 Å². The number of nitrogens with zero attached hydrogens (tertiary/aromatic N) is 3. The number of carbonyl (C=O) groups excluding carboxylic acids is 1. The molecule has 2 fully saturated rings. The molecule has 0 saturated carbocycles. The largest absolute Gasteiger partial charge is 0.494 e. The van der Waals surface area contributed by atoms with Crippen LogP contribution in [0.4, 0.5) is 21.9 Å². The molecule has 0 radical (unpaired) electrons. The molecule has 0 spiro atoms. The van der Waals surface area contributed by atoms with Gasteiger partial charge in [-0.1, -0.05) is 0 Å². The van der Waals surface area contributed by atoms with Crippen LogP contribution in [0.25, 0.3) is 0 Å². The minimum Gasteiger partial charge on any atom is -0.494 e. The van der Waals surface area contributed by atoms with Gasteiger partial charge >= 0.3 is 6.03 Å². The molecule has 2 amide bonds. The summed E-state index contributed by atoms with van der Waals surface area (Å²) in [6.45, 7) is 2.38. The van der Waals surface area contributed by atoms with E-state index in [-0.39, 0.29) is 23.2 Å². The van der Waals surface area contributed by atoms with Crippen LogP contribution < -0.4 is 14.5 Å². The van der Waals surface area contributed by atoms with Crippen LogP contribution in [0.2, 0.25) is 0 Å². The van der Waals surface area contributed by atoms with Crippen molar-refractivity contribution in [2.75, 3.05) is 27.9 Å². The molecule has 9 nitrogen and oxygen atoms in total. The average Bonchev–Trinajstić information content (AvgIpc) is 3.11. The normalized spacial score (nSPS) is 22.6. The first-order valence-electron chi connectivity index (χ1n) is 9.11. The van der Waals surface area contributed by atoms with Crippen molar-refractivity contribution in [3.05, 3.63) is 58.6 Å². The van der Waals surface area contributed by atoms with Crippen molar-refractivity contribution in [3.63, 3.8) is 0 Å². The second-order valence-electron chi connectivity index (χ2n) is 6.93. The standard InChI is InChI=1S/C19H19N3O6S/c1-2-28-16-9-7-14(8-10-16)21-18-12-29(26,27)11-17(18)20(19(21)23)13-3-5-15(6-4-13)22(24)25/h3-10,17-18H,2,11-12H2,1H3. The summed E-state index contributed by atoms with van der Waals surface area (Å²) in [4.78, 5) is 26.6. The smallest absolute Gasteiger partial charge is 0.329 e. The van der Waals surface area contributed by atoms with Gasteiger partial charge in [-0.3, -0.25) is 19.9 Å². The fraction of sp³-hybridized carbons (Fsp3) is 0.316. The van der Waals surface area contributed by atoms with Gasteiger partial charge in [0.1, 0.15) is 5.75 Å². The second kappa shape index (κ2) is 7.03. The Hall–Kier alpha value is -3.14. The summed E-state index contributed by atoms with van der Waals surface area (Å²) in [6.07, 6.45) is 0. The van der Waals surface area contributed by atoms with Crippen molar-refractivity contribution < 1.29 is 22.9 Å². The molecule has 2 aliphatic heterocycles. The van der Waals surface area contributed by atoms with Gasteiger partial charge in [-0.25, -0.2) is 13.2 Å². The van der Waals surface area contributed by atoms with E-state index in [1.165, 1.54) is 34.1 Å². The third-order valence-electron chi connectivity index (χ3n) is 5.13. The summed E-state index contributed by atoms with van der Waals surface area (Å²) >= 11 is 0. The van der Waals surface area contributed by atoms with Crippen molar-refractivity contribution in [1.82, 2.24) is 0 Å². The number of urea groups is 1. The molecule has 10 heteroatoms. The molecule has 0 aliphatic carbocycles. The number of ether oxygens (including phenoxy) is 1. The van der Waals surface area contributed by atoms with Crippen LogP contribution in [0.5, 0.6) is 5.75 Å². The van der Waals surface area contributed by atoms with Crippen LogP contribution in [0, 0.1) is 10.1 Å². The minimum absolute atomic E-state index is 0.0978. The minimum atomic E-state index is -3.32. The number of nitro groups is 1. The number of benzene rings is 2. The van der Waals surface area contributed by atoms with Crippen molar-refractivity contribution >= 4 is 32.9 Å². The molecule has 0 N–H and O–H groups in total. The van der Waals surface area contributed by atoms with Gasteiger partial charge in [0.25, 0.3) is 5.69 Å². The molecular formula is C19H19N3O6S. The number of hydrogen-bond acceptors (Lipinski definition) is 6. The zero-order chi connectivity index (χ0) is 20.8. The van der Waals surface area contributed by atoms with Crippen molar-refractivity contribution in [3.8, 4) is 5.75 Å². The second-order valence-corrected chi connectivity index (χ2v) is 9.09. The van der Waals surface area contributed by atoms with Gasteiger partial charge in [0.05, 0.1) is 35.1 Å². The van der Waals surface area contributed by atoms with Gasteiger partial charge in [-0.15, -0.1) is 0 Å². The molecule has 2 heterocycles. The van der Waals surface area contributed by atoms with E-state index in [0.717, 1.165) is 0 Å². The number of non-ortho nitro benzene ring substituents is 1. The zero-order valence-electron chi connectivity index (χ0n) is 15.6. The number of carbonyl (C=O) groups is 1. The van der Waals surface area contributed by atoms with E-state index < -0.39 is 26.8 Å². The highest BCUT2D eigenvalue weighted by Crippen LogP contribution is 2.38. The SMILES string of the molecule is CCOc1ccc(N2C(=O)N(c3ccc([N+](=O)[O-])cc3)C3CS(=O)(=O)CC32)cc1. The first-order valence-corrected chi connectivity index (χ1v) is 10.9. The van der Waals surface area contributed by atoms with Crippen molar-refractivity contribution in [2.45, 2.75) is 19.0 Å². The van der Waals surface area contributed by atoms with Crippen LogP contribution in [0.3, 0.4) is 0 Å². The predicted molar refractivity (Wildman–Crippen MR) is 107 cm³/mol. The molecule has 2 atom stereocenters. The number of anilines is 2. The highest BCUT2D eigenvalue weighted by molar-refractivity contribution is 7.91. The van der Waals surface area contributed by atoms with Gasteiger partial charge < -0.3 is 4.74 Å². The fourth-order valence-corrected chi connectivity index (χ4v) is 5.83. The van der Waals surface area contributed by atoms with Crippen LogP contribution in [-0.4, -0.2) is 49.6 Å². The van der Waals surface area contributed by atoms with Gasteiger partial charge in [0.2, 0.25) is 0 Å². The summed E-state index contributed by atoms with van der Waals surface area (Å²) in [6, 6.07) is 11.0. The molecule has 2 unspecified atom stereocenters. The first kappa shape index (κ1) is 19.2. The lowest BCUT2D eigenvalue weighted by Gasteiger charge is -2.22. The number of fused-ring (bicyclic) bond motifs is 1. The Morgan fingerprint density at radius 1 is 1.00 bits per heavy atom. The Labute approximate surface area is 167 Å². The van der Waals surface area contributed by atoms with Crippen LogP contribution in [-0.2, 0) is 9.84 Å². The molecule has 29 heavy (non-hydrogen) atoms. The Balaban J connectivity index is 1.71. The maximum Gasteiger partial charge on any atom is 0.329 e. The third-order valence-corrected chi connectivity index (χ3v) is 6.83. The maximum absolute atomic E-state index is 13.3. The lowest BCUT2D eigenvalue weighted by atomic mass is 10.1. The molecule has 4 rings (SSSR count). The third kappa shape index (κ3) is 3.39. The number of sulfone groups is 1. The zero-order valence-corrected chi connectivity index (χ0v) is 16.4. The van der Waals surface area contributed by atoms with E-state index in [4.69, 9.17) is 4.74 Å². The number of amides is 2. The highest BCUT2D eigenvalue weighted by Gasteiger charge is 2.54. The molecular weight excluding hydrogens is 398 g/mol. The van der Waals surface area contributed by atoms with Gasteiger partial charge in [0, 0.05) is 23.5 Å². The molecule has 152 valence electrons. The summed E-state index contributed by atoms with van der Waals surface area (Å²) in [5.74, 6) is 0.388. The number of rotatable bonds is 5. The van der Waals surface area contributed by atoms with Gasteiger partial charge in [0.15, 0.2) is 9.84 Å². The quantitative estimate of drug-likeness (QED) is 0.420. The lowest BCUT2D eigenvalue weighted by Crippen LogP contribution is -2.37. The molecule has 0 bridgehead atoms. The van der Waals surface area contributed by atoms with E-state index >= 15 is 0 Å². The molecule has 2 aliphatic rings. The molecule has 0 aromatic heterocycles. The number of nitro benzene ring substituents is 1. The van der Waals surface area contributed by atoms with Gasteiger partial charge in [-0.05, 0) is 43.3 Å². The summed E-state index contributed by atoms with van der Waals surface area (Å²) < 4.78 is 30.1. The van der Waals surface area contributed by atoms with E-state index in [2.05, 4.69) is 0 Å². The topological polar surface area (TPSA) is 110 Å². The summed E-state index contributed by atoms with van der Waals surface area (Å²) in [7, 11) is -3.32. The Morgan fingerprint density at radius 3 is 1.93 bits per heavy atom. The molecule has 2 aromatic carbocycles. The Kier molecular flexibility index (Phi) is 4.65. The highest BCUT2D eigenvalue weighted by atomic mass is 32.2. The van der Waals surface area contributed by atoms with Crippen molar-refractivity contribution in [2.24, 2.45) is 0 Å². The predicted octanol–water partition coefficient (Wildman–Crippen LogP) is 2.61. The van der Waals surface area contributed by atoms with E-state index in [0.29, 0.717) is 23.7 Å². The average molecular weight is 417 g/mol.